The molecule has 2 aromatic carbocycles. The molecular weight excluding hydrogens is 614 g/mol. The van der Waals surface area contributed by atoms with Crippen LogP contribution in [0, 0.1) is 3.57 Å². The third-order valence-corrected chi connectivity index (χ3v) is 7.52. The van der Waals surface area contributed by atoms with E-state index in [1.54, 1.807) is 43.3 Å². The maximum Gasteiger partial charge on any atom is 0.338 e. The van der Waals surface area contributed by atoms with Crippen LogP contribution in [0.25, 0.3) is 6.08 Å². The molecular formula is C23H17Cl2IN2O5S. The summed E-state index contributed by atoms with van der Waals surface area (Å²) >= 11 is 15.5. The van der Waals surface area contributed by atoms with Crippen molar-refractivity contribution in [2.24, 2.45) is 4.99 Å². The summed E-state index contributed by atoms with van der Waals surface area (Å²) in [4.78, 5) is 31.3. The largest absolute Gasteiger partial charge is 0.506 e. The summed E-state index contributed by atoms with van der Waals surface area (Å²) in [6.07, 6.45) is 1.55. The summed E-state index contributed by atoms with van der Waals surface area (Å²) in [5, 5.41) is 11.3. The number of nitrogens with zero attached hydrogens (tertiary/aromatic N) is 2. The highest BCUT2D eigenvalue weighted by Gasteiger charge is 2.35. The highest BCUT2D eigenvalue weighted by Crippen LogP contribution is 2.37. The number of halogens is 3. The molecule has 0 saturated carbocycles. The van der Waals surface area contributed by atoms with Gasteiger partial charge in [0.1, 0.15) is 17.5 Å². The van der Waals surface area contributed by atoms with Gasteiger partial charge in [-0.25, -0.2) is 9.79 Å². The topological polar surface area (TPSA) is 90.1 Å². The fourth-order valence-electron chi connectivity index (χ4n) is 3.74. The minimum atomic E-state index is -0.882. The number of thiazole rings is 1. The van der Waals surface area contributed by atoms with Crippen LogP contribution in [0.4, 0.5) is 0 Å². The molecule has 0 bridgehead atoms. The van der Waals surface area contributed by atoms with Crippen LogP contribution < -0.4 is 19.6 Å². The average molecular weight is 631 g/mol. The van der Waals surface area contributed by atoms with Gasteiger partial charge in [0, 0.05) is 21.2 Å². The molecule has 1 N–H and O–H groups in total. The Morgan fingerprint density at radius 1 is 1.24 bits per heavy atom. The lowest BCUT2D eigenvalue weighted by Gasteiger charge is -2.25. The fraction of sp³-hybridized carbons (Fsp3) is 0.174. The molecule has 0 radical (unpaired) electrons. The number of aromatic hydroxyl groups is 1. The van der Waals surface area contributed by atoms with E-state index in [0.717, 1.165) is 11.3 Å². The van der Waals surface area contributed by atoms with Crippen LogP contribution >= 0.6 is 57.1 Å². The number of ether oxygens (including phenoxy) is 2. The molecule has 7 nitrogen and oxygen atoms in total. The van der Waals surface area contributed by atoms with Crippen molar-refractivity contribution in [2.45, 2.75) is 13.0 Å². The van der Waals surface area contributed by atoms with Gasteiger partial charge in [0.15, 0.2) is 4.80 Å². The number of aromatic nitrogens is 1. The second-order valence-corrected chi connectivity index (χ2v) is 10.3. The van der Waals surface area contributed by atoms with Gasteiger partial charge in [-0.1, -0.05) is 34.5 Å². The number of allylic oxidation sites excluding steroid dienone is 1. The summed E-state index contributed by atoms with van der Waals surface area (Å²) < 4.78 is 12.8. The first-order valence-electron chi connectivity index (χ1n) is 9.78. The number of benzene rings is 2. The standard InChI is InChI=1S/C23H17Cl2IN2O5S/c1-10-18(22(31)33-3)19(14-8-12(24)4-5-16(14)32-2)28-21(30)17(34-23(28)27-10)7-11-6-13(25)9-15(26)20(11)29/h4-9,19,29H,1-3H3/b17-7-/t19-/m0/s1. The summed E-state index contributed by atoms with van der Waals surface area (Å²) in [6, 6.07) is 7.28. The molecule has 34 heavy (non-hydrogen) atoms. The molecule has 0 aliphatic carbocycles. The Kier molecular flexibility index (Phi) is 7.09. The van der Waals surface area contributed by atoms with Crippen LogP contribution in [0.1, 0.15) is 24.1 Å². The lowest BCUT2D eigenvalue weighted by atomic mass is 9.95. The number of hydrogen-bond acceptors (Lipinski definition) is 7. The van der Waals surface area contributed by atoms with E-state index < -0.39 is 17.6 Å². The molecule has 11 heteroatoms. The van der Waals surface area contributed by atoms with E-state index in [9.17, 15) is 14.7 Å². The molecule has 1 aliphatic rings. The molecule has 0 fully saturated rings. The Hall–Kier alpha value is -2.34. The minimum absolute atomic E-state index is 0.00956. The molecule has 0 spiro atoms. The third kappa shape index (κ3) is 4.37. The minimum Gasteiger partial charge on any atom is -0.506 e. The summed E-state index contributed by atoms with van der Waals surface area (Å²) in [5.74, 6) is -0.165. The Labute approximate surface area is 221 Å². The number of carbonyl (C=O) groups excluding carboxylic acids is 1. The maximum absolute atomic E-state index is 13.6. The fourth-order valence-corrected chi connectivity index (χ4v) is 6.02. The van der Waals surface area contributed by atoms with Crippen molar-refractivity contribution < 1.29 is 19.4 Å². The van der Waals surface area contributed by atoms with Crippen molar-refractivity contribution in [1.29, 1.82) is 0 Å². The van der Waals surface area contributed by atoms with Gasteiger partial charge in [0.05, 0.1) is 33.6 Å². The van der Waals surface area contributed by atoms with E-state index in [0.29, 0.717) is 45.5 Å². The van der Waals surface area contributed by atoms with Gasteiger partial charge in [-0.05, 0) is 65.9 Å². The zero-order valence-electron chi connectivity index (χ0n) is 18.1. The van der Waals surface area contributed by atoms with Gasteiger partial charge in [0.25, 0.3) is 5.56 Å². The number of esters is 1. The van der Waals surface area contributed by atoms with Crippen LogP contribution in [0.3, 0.4) is 0 Å². The lowest BCUT2D eigenvalue weighted by Crippen LogP contribution is -2.40. The van der Waals surface area contributed by atoms with E-state index in [-0.39, 0.29) is 11.3 Å². The number of phenols is 1. The molecule has 1 aliphatic heterocycles. The zero-order valence-corrected chi connectivity index (χ0v) is 22.5. The Morgan fingerprint density at radius 2 is 1.97 bits per heavy atom. The van der Waals surface area contributed by atoms with Gasteiger partial charge in [-0.15, -0.1) is 0 Å². The zero-order chi connectivity index (χ0) is 24.7. The van der Waals surface area contributed by atoms with Crippen molar-refractivity contribution in [2.75, 3.05) is 14.2 Å². The molecule has 1 aromatic heterocycles. The van der Waals surface area contributed by atoms with Crippen molar-refractivity contribution >= 4 is 69.2 Å². The second kappa shape index (κ2) is 9.73. The number of phenolic OH excluding ortho intramolecular Hbond substituents is 1. The molecule has 2 heterocycles. The normalized spacial score (nSPS) is 15.7. The van der Waals surface area contributed by atoms with Gasteiger partial charge >= 0.3 is 5.97 Å². The van der Waals surface area contributed by atoms with Crippen molar-refractivity contribution in [3.8, 4) is 11.5 Å². The van der Waals surface area contributed by atoms with E-state index >= 15 is 0 Å². The molecule has 0 amide bonds. The van der Waals surface area contributed by atoms with Crippen LogP contribution in [0.15, 0.2) is 51.4 Å². The van der Waals surface area contributed by atoms with Gasteiger partial charge in [-0.3, -0.25) is 9.36 Å². The Balaban J connectivity index is 2.05. The SMILES string of the molecule is COC(=O)C1=C(C)N=c2s/c(=C\c3cc(Cl)cc(I)c3O)c(=O)n2[C@H]1c1cc(Cl)ccc1OC. The van der Waals surface area contributed by atoms with Gasteiger partial charge in [-0.2, -0.15) is 0 Å². The maximum atomic E-state index is 13.6. The van der Waals surface area contributed by atoms with Crippen LogP contribution in [-0.4, -0.2) is 29.9 Å². The van der Waals surface area contributed by atoms with Crippen LogP contribution in [0.5, 0.6) is 11.5 Å². The number of carbonyl (C=O) groups is 1. The first kappa shape index (κ1) is 24.8. The van der Waals surface area contributed by atoms with Gasteiger partial charge in [0.2, 0.25) is 0 Å². The lowest BCUT2D eigenvalue weighted by molar-refractivity contribution is -0.136. The average Bonchev–Trinajstić information content (AvgIpc) is 3.10. The smallest absolute Gasteiger partial charge is 0.338 e. The van der Waals surface area contributed by atoms with Crippen LogP contribution in [0.2, 0.25) is 10.0 Å². The van der Waals surface area contributed by atoms with Crippen molar-refractivity contribution in [3.05, 3.63) is 86.0 Å². The predicted octanol–water partition coefficient (Wildman–Crippen LogP) is 4.03. The number of hydrogen-bond donors (Lipinski definition) is 1. The predicted molar refractivity (Wildman–Crippen MR) is 140 cm³/mol. The quantitative estimate of drug-likeness (QED) is 0.347. The number of fused-ring (bicyclic) bond motifs is 1. The number of rotatable bonds is 4. The highest BCUT2D eigenvalue weighted by molar-refractivity contribution is 14.1. The van der Waals surface area contributed by atoms with Crippen LogP contribution in [-0.2, 0) is 9.53 Å². The van der Waals surface area contributed by atoms with E-state index in [1.165, 1.54) is 18.8 Å². The van der Waals surface area contributed by atoms with Crippen molar-refractivity contribution in [1.82, 2.24) is 4.57 Å². The van der Waals surface area contributed by atoms with E-state index in [1.807, 2.05) is 22.6 Å². The van der Waals surface area contributed by atoms with E-state index in [2.05, 4.69) is 4.99 Å². The Morgan fingerprint density at radius 3 is 2.65 bits per heavy atom. The second-order valence-electron chi connectivity index (χ2n) is 7.29. The molecule has 0 saturated heterocycles. The Bertz CT molecular complexity index is 1540. The van der Waals surface area contributed by atoms with E-state index in [4.69, 9.17) is 32.7 Å². The molecule has 1 atom stereocenters. The van der Waals surface area contributed by atoms with Gasteiger partial charge < -0.3 is 14.6 Å². The third-order valence-electron chi connectivity index (χ3n) is 5.26. The summed E-state index contributed by atoms with van der Waals surface area (Å²) in [7, 11) is 2.76. The number of methoxy groups -OCH3 is 2. The monoisotopic (exact) mass is 630 g/mol. The first-order chi connectivity index (χ1) is 16.2. The molecule has 3 aromatic rings. The highest BCUT2D eigenvalue weighted by atomic mass is 127. The molecule has 0 unspecified atom stereocenters. The molecule has 4 rings (SSSR count). The molecule has 176 valence electrons. The summed E-state index contributed by atoms with van der Waals surface area (Å²) in [6.45, 7) is 1.68. The first-order valence-corrected chi connectivity index (χ1v) is 12.4. The van der Waals surface area contributed by atoms with Crippen molar-refractivity contribution in [3.63, 3.8) is 0 Å². The summed E-state index contributed by atoms with van der Waals surface area (Å²) in [5.41, 5.74) is 1.11.